The van der Waals surface area contributed by atoms with E-state index in [1.54, 1.807) is 0 Å². The molecule has 43 heavy (non-hydrogen) atoms. The maximum Gasteiger partial charge on any atom is 0.340 e. The quantitative estimate of drug-likeness (QED) is 0.200. The van der Waals surface area contributed by atoms with Gasteiger partial charge in [0.05, 0.1) is 11.6 Å². The number of hydrogen-bond acceptors (Lipinski definition) is 5. The average molecular weight is 567 g/mol. The minimum Gasteiger partial charge on any atom is -0.456 e. The maximum atomic E-state index is 13.5. The van der Waals surface area contributed by atoms with Gasteiger partial charge < -0.3 is 19.7 Å². The fourth-order valence-corrected chi connectivity index (χ4v) is 6.62. The highest BCUT2D eigenvalue weighted by Crippen LogP contribution is 2.58. The molecule has 7 rings (SSSR count). The molecule has 0 amide bonds. The second-order valence-corrected chi connectivity index (χ2v) is 11.1. The van der Waals surface area contributed by atoms with E-state index in [9.17, 15) is 4.79 Å². The number of anilines is 2. The number of nitrogens with one attached hydrogen (secondary N) is 1. The smallest absolute Gasteiger partial charge is 0.340 e. The zero-order chi connectivity index (χ0) is 29.6. The zero-order valence-electron chi connectivity index (χ0n) is 24.6. The Morgan fingerprint density at radius 1 is 0.744 bits per heavy atom. The predicted octanol–water partition coefficient (Wildman–Crippen LogP) is 8.61. The summed E-state index contributed by atoms with van der Waals surface area (Å²) in [5.41, 5.74) is 7.19. The van der Waals surface area contributed by atoms with Crippen molar-refractivity contribution in [3.05, 3.63) is 154 Å². The number of benzene rings is 5. The second kappa shape index (κ2) is 10.7. The van der Waals surface area contributed by atoms with Crippen molar-refractivity contribution in [2.45, 2.75) is 32.4 Å². The Balaban J connectivity index is 1.42. The van der Waals surface area contributed by atoms with E-state index in [1.165, 1.54) is 0 Å². The maximum absolute atomic E-state index is 13.5. The van der Waals surface area contributed by atoms with Gasteiger partial charge in [0.25, 0.3) is 0 Å². The van der Waals surface area contributed by atoms with Gasteiger partial charge in [-0.25, -0.2) is 4.79 Å². The van der Waals surface area contributed by atoms with Crippen molar-refractivity contribution in [1.82, 2.24) is 0 Å². The summed E-state index contributed by atoms with van der Waals surface area (Å²) >= 11 is 0. The standard InChI is InChI=1S/C38H34N2O3/c1-4-40(5-2)29-20-21-32-34(24-29)42-36-25(3)22-28(23-33(36)38(32)31-19-13-12-18-30(31)37(41)43-38)39-35(26-14-8-6-9-15-26)27-16-10-7-11-17-27/h6-24,35,39H,4-5H2,1-3H3. The van der Waals surface area contributed by atoms with Crippen molar-refractivity contribution in [2.75, 3.05) is 23.3 Å². The third kappa shape index (κ3) is 4.35. The molecule has 0 fully saturated rings. The topological polar surface area (TPSA) is 50.8 Å². The number of hydrogen-bond donors (Lipinski definition) is 1. The predicted molar refractivity (Wildman–Crippen MR) is 171 cm³/mol. The lowest BCUT2D eigenvalue weighted by Crippen LogP contribution is -2.34. The van der Waals surface area contributed by atoms with Gasteiger partial charge in [0.15, 0.2) is 5.60 Å². The third-order valence-electron chi connectivity index (χ3n) is 8.69. The largest absolute Gasteiger partial charge is 0.456 e. The molecule has 5 nitrogen and oxygen atoms in total. The first-order valence-corrected chi connectivity index (χ1v) is 14.9. The van der Waals surface area contributed by atoms with Crippen molar-refractivity contribution in [3.8, 4) is 11.5 Å². The summed E-state index contributed by atoms with van der Waals surface area (Å²) in [6, 6.07) is 38.9. The summed E-state index contributed by atoms with van der Waals surface area (Å²) in [7, 11) is 0. The molecule has 0 saturated carbocycles. The summed E-state index contributed by atoms with van der Waals surface area (Å²) in [5, 5.41) is 3.80. The van der Waals surface area contributed by atoms with E-state index in [2.05, 4.69) is 110 Å². The second-order valence-electron chi connectivity index (χ2n) is 11.1. The molecule has 5 heteroatoms. The van der Waals surface area contributed by atoms with Crippen molar-refractivity contribution in [2.24, 2.45) is 0 Å². The average Bonchev–Trinajstić information content (AvgIpc) is 3.34. The van der Waals surface area contributed by atoms with Gasteiger partial charge in [-0.15, -0.1) is 0 Å². The van der Waals surface area contributed by atoms with E-state index >= 15 is 0 Å². The van der Waals surface area contributed by atoms with Crippen LogP contribution in [0.5, 0.6) is 11.5 Å². The first-order chi connectivity index (χ1) is 21.0. The number of rotatable bonds is 7. The molecule has 0 radical (unpaired) electrons. The molecule has 0 bridgehead atoms. The van der Waals surface area contributed by atoms with Gasteiger partial charge in [0.1, 0.15) is 11.5 Å². The Hall–Kier alpha value is -5.03. The monoisotopic (exact) mass is 566 g/mol. The number of carbonyl (C=O) groups excluding carboxylic acids is 1. The first kappa shape index (κ1) is 26.8. The van der Waals surface area contributed by atoms with Crippen LogP contribution < -0.4 is 15.0 Å². The van der Waals surface area contributed by atoms with Crippen molar-refractivity contribution >= 4 is 17.3 Å². The fourth-order valence-electron chi connectivity index (χ4n) is 6.62. The van der Waals surface area contributed by atoms with Crippen LogP contribution in [0.15, 0.2) is 115 Å². The number of aryl methyl sites for hydroxylation is 1. The molecule has 5 aromatic carbocycles. The molecular weight excluding hydrogens is 532 g/mol. The molecule has 1 unspecified atom stereocenters. The van der Waals surface area contributed by atoms with E-state index in [4.69, 9.17) is 9.47 Å². The number of carbonyl (C=O) groups is 1. The van der Waals surface area contributed by atoms with Crippen molar-refractivity contribution < 1.29 is 14.3 Å². The molecule has 1 atom stereocenters. The first-order valence-electron chi connectivity index (χ1n) is 14.9. The molecule has 2 heterocycles. The number of fused-ring (bicyclic) bond motifs is 6. The van der Waals surface area contributed by atoms with Crippen LogP contribution in [0.3, 0.4) is 0 Å². The van der Waals surface area contributed by atoms with Crippen LogP contribution in [0.4, 0.5) is 11.4 Å². The SMILES string of the molecule is CCN(CC)c1ccc2c(c1)Oc1c(C)cc(NC(c3ccccc3)c3ccccc3)cc1C21OC(=O)c2ccccc21. The van der Waals surface area contributed by atoms with Gasteiger partial charge in [-0.1, -0.05) is 78.9 Å². The Kier molecular flexibility index (Phi) is 6.66. The third-order valence-corrected chi connectivity index (χ3v) is 8.69. The van der Waals surface area contributed by atoms with E-state index < -0.39 is 5.60 Å². The summed E-state index contributed by atoms with van der Waals surface area (Å²) < 4.78 is 13.2. The van der Waals surface area contributed by atoms with E-state index in [-0.39, 0.29) is 12.0 Å². The van der Waals surface area contributed by atoms with E-state index in [0.717, 1.165) is 63.6 Å². The number of ether oxygens (including phenoxy) is 2. The lowest BCUT2D eigenvalue weighted by atomic mass is 9.77. The van der Waals surface area contributed by atoms with Crippen LogP contribution in [0.25, 0.3) is 0 Å². The highest BCUT2D eigenvalue weighted by atomic mass is 16.6. The van der Waals surface area contributed by atoms with Gasteiger partial charge in [0.2, 0.25) is 0 Å². The number of nitrogens with zero attached hydrogens (tertiary/aromatic N) is 1. The summed E-state index contributed by atoms with van der Waals surface area (Å²) in [4.78, 5) is 15.7. The molecule has 5 aromatic rings. The normalized spacial score (nSPS) is 16.2. The molecule has 0 aromatic heterocycles. The van der Waals surface area contributed by atoms with Gasteiger partial charge >= 0.3 is 5.97 Å². The molecule has 214 valence electrons. The molecule has 1 spiro atoms. The van der Waals surface area contributed by atoms with Crippen LogP contribution in [0.2, 0.25) is 0 Å². The number of esters is 1. The Bertz CT molecular complexity index is 1780. The highest BCUT2D eigenvalue weighted by molar-refractivity contribution is 5.97. The van der Waals surface area contributed by atoms with Crippen molar-refractivity contribution in [1.29, 1.82) is 0 Å². The van der Waals surface area contributed by atoms with Gasteiger partial charge in [-0.05, 0) is 67.8 Å². The summed E-state index contributed by atoms with van der Waals surface area (Å²) in [6.45, 7) is 8.11. The van der Waals surface area contributed by atoms with Gasteiger partial charge in [0, 0.05) is 47.2 Å². The molecule has 0 saturated heterocycles. The molecule has 0 aliphatic carbocycles. The lowest BCUT2D eigenvalue weighted by Gasteiger charge is -2.38. The highest BCUT2D eigenvalue weighted by Gasteiger charge is 2.54. The van der Waals surface area contributed by atoms with E-state index in [0.29, 0.717) is 11.3 Å². The van der Waals surface area contributed by atoms with Gasteiger partial charge in [-0.3, -0.25) is 0 Å². The van der Waals surface area contributed by atoms with E-state index in [1.807, 2.05) is 36.4 Å². The Labute approximate surface area is 252 Å². The fraction of sp³-hybridized carbons (Fsp3) is 0.184. The zero-order valence-corrected chi connectivity index (χ0v) is 24.6. The minimum atomic E-state index is -1.13. The molecular formula is C38H34N2O3. The van der Waals surface area contributed by atoms with Gasteiger partial charge in [-0.2, -0.15) is 0 Å². The van der Waals surface area contributed by atoms with Crippen LogP contribution in [0.1, 0.15) is 63.6 Å². The van der Waals surface area contributed by atoms with Crippen LogP contribution >= 0.6 is 0 Å². The Morgan fingerprint density at radius 2 is 1.40 bits per heavy atom. The van der Waals surface area contributed by atoms with Crippen molar-refractivity contribution in [3.63, 3.8) is 0 Å². The Morgan fingerprint density at radius 3 is 2.07 bits per heavy atom. The minimum absolute atomic E-state index is 0.0809. The van der Waals surface area contributed by atoms with Crippen LogP contribution in [-0.2, 0) is 10.3 Å². The lowest BCUT2D eigenvalue weighted by molar-refractivity contribution is 0.0224. The molecule has 1 N–H and O–H groups in total. The molecule has 2 aliphatic heterocycles. The summed E-state index contributed by atoms with van der Waals surface area (Å²) in [5.74, 6) is 1.09. The van der Waals surface area contributed by atoms with Crippen LogP contribution in [-0.4, -0.2) is 19.1 Å². The molecule has 2 aliphatic rings. The summed E-state index contributed by atoms with van der Waals surface area (Å²) in [6.07, 6.45) is 0. The van der Waals surface area contributed by atoms with Crippen LogP contribution in [0, 0.1) is 6.92 Å².